The van der Waals surface area contributed by atoms with Crippen LogP contribution in [-0.2, 0) is 19.6 Å². The van der Waals surface area contributed by atoms with Gasteiger partial charge >= 0.3 is 0 Å². The summed E-state index contributed by atoms with van der Waals surface area (Å²) in [6.45, 7) is 2.19. The second-order valence-corrected chi connectivity index (χ2v) is 5.65. The first-order valence-corrected chi connectivity index (χ1v) is 7.51. The van der Waals surface area contributed by atoms with Gasteiger partial charge < -0.3 is 14.9 Å². The number of benzene rings is 1. The fourth-order valence-corrected chi connectivity index (χ4v) is 2.76. The number of fused-ring (bicyclic) bond motifs is 1. The molecule has 0 spiro atoms. The zero-order valence-electron chi connectivity index (χ0n) is 12.9. The van der Waals surface area contributed by atoms with E-state index in [1.807, 2.05) is 4.68 Å². The lowest BCUT2D eigenvalue weighted by molar-refractivity contribution is 0.0915. The van der Waals surface area contributed by atoms with Crippen LogP contribution in [0.15, 0.2) is 24.3 Å². The minimum atomic E-state index is -0.958. The van der Waals surface area contributed by atoms with Gasteiger partial charge in [0.05, 0.1) is 31.6 Å². The maximum Gasteiger partial charge on any atom is 0.131 e. The van der Waals surface area contributed by atoms with E-state index in [4.69, 9.17) is 9.84 Å². The molecule has 1 unspecified atom stereocenters. The van der Waals surface area contributed by atoms with Crippen molar-refractivity contribution in [1.82, 2.24) is 14.7 Å². The normalized spacial score (nSPS) is 16.2. The summed E-state index contributed by atoms with van der Waals surface area (Å²) in [5.74, 6) is 0.227. The number of rotatable bonds is 5. The fourth-order valence-electron chi connectivity index (χ4n) is 2.76. The Kier molecular flexibility index (Phi) is 4.61. The van der Waals surface area contributed by atoms with Crippen molar-refractivity contribution in [1.29, 1.82) is 0 Å². The number of aliphatic hydroxyl groups excluding tert-OH is 2. The molecule has 2 aromatic rings. The van der Waals surface area contributed by atoms with Gasteiger partial charge in [-0.2, -0.15) is 5.10 Å². The Balaban J connectivity index is 1.71. The quantitative estimate of drug-likeness (QED) is 0.862. The zero-order valence-corrected chi connectivity index (χ0v) is 12.9. The first kappa shape index (κ1) is 15.9. The molecule has 2 N–H and O–H groups in total. The molecule has 0 fully saturated rings. The highest BCUT2D eigenvalue weighted by Crippen LogP contribution is 2.22. The third-order valence-electron chi connectivity index (χ3n) is 4.06. The third-order valence-corrected chi connectivity index (χ3v) is 4.06. The van der Waals surface area contributed by atoms with Crippen molar-refractivity contribution in [2.75, 3.05) is 20.3 Å². The van der Waals surface area contributed by atoms with Crippen LogP contribution < -0.4 is 4.74 Å². The van der Waals surface area contributed by atoms with E-state index in [1.165, 1.54) is 13.2 Å². The minimum Gasteiger partial charge on any atom is -0.497 e. The summed E-state index contributed by atoms with van der Waals surface area (Å²) >= 11 is 0. The summed E-state index contributed by atoms with van der Waals surface area (Å²) in [5.41, 5.74) is 2.04. The summed E-state index contributed by atoms with van der Waals surface area (Å²) in [6, 6.07) is 6.67. The Labute approximate surface area is 133 Å². The summed E-state index contributed by atoms with van der Waals surface area (Å²) in [6.07, 6.45) is -0.958. The van der Waals surface area contributed by atoms with Crippen molar-refractivity contribution in [2.45, 2.75) is 25.7 Å². The molecule has 0 saturated carbocycles. The Bertz CT molecular complexity index is 689. The van der Waals surface area contributed by atoms with Crippen LogP contribution in [0.1, 0.15) is 23.1 Å². The first-order chi connectivity index (χ1) is 11.1. The largest absolute Gasteiger partial charge is 0.497 e. The number of hydrogen-bond donors (Lipinski definition) is 2. The number of aromatic nitrogens is 2. The smallest absolute Gasteiger partial charge is 0.131 e. The Morgan fingerprint density at radius 3 is 2.87 bits per heavy atom. The number of methoxy groups -OCH3 is 1. The van der Waals surface area contributed by atoms with Crippen LogP contribution in [0.4, 0.5) is 4.39 Å². The molecule has 23 heavy (non-hydrogen) atoms. The topological polar surface area (TPSA) is 70.8 Å². The van der Waals surface area contributed by atoms with Crippen LogP contribution in [0.5, 0.6) is 5.75 Å². The van der Waals surface area contributed by atoms with Gasteiger partial charge in [-0.05, 0) is 12.1 Å². The second kappa shape index (κ2) is 6.66. The lowest BCUT2D eigenvalue weighted by Crippen LogP contribution is -2.33. The Hall–Kier alpha value is -1.96. The highest BCUT2D eigenvalue weighted by Gasteiger charge is 2.21. The molecule has 0 radical (unpaired) electrons. The van der Waals surface area contributed by atoms with E-state index in [0.29, 0.717) is 36.6 Å². The fraction of sp³-hybridized carbons (Fsp3) is 0.438. The van der Waals surface area contributed by atoms with Crippen molar-refractivity contribution in [2.24, 2.45) is 0 Å². The van der Waals surface area contributed by atoms with Crippen LogP contribution in [0.3, 0.4) is 0 Å². The molecule has 1 atom stereocenters. The monoisotopic (exact) mass is 321 g/mol. The highest BCUT2D eigenvalue weighted by atomic mass is 19.1. The molecule has 6 nitrogen and oxygen atoms in total. The predicted octanol–water partition coefficient (Wildman–Crippen LogP) is 1.07. The molecule has 0 bridgehead atoms. The van der Waals surface area contributed by atoms with Crippen LogP contribution >= 0.6 is 0 Å². The maximum atomic E-state index is 14.1. The van der Waals surface area contributed by atoms with Crippen LogP contribution in [-0.4, -0.2) is 45.2 Å². The number of hydrogen-bond acceptors (Lipinski definition) is 5. The van der Waals surface area contributed by atoms with Gasteiger partial charge in [-0.15, -0.1) is 0 Å². The van der Waals surface area contributed by atoms with Gasteiger partial charge in [0.2, 0.25) is 0 Å². The summed E-state index contributed by atoms with van der Waals surface area (Å²) < 4.78 is 20.9. The van der Waals surface area contributed by atoms with Gasteiger partial charge in [0.15, 0.2) is 0 Å². The summed E-state index contributed by atoms with van der Waals surface area (Å²) in [5, 5.41) is 23.0. The zero-order chi connectivity index (χ0) is 16.4. The van der Waals surface area contributed by atoms with E-state index < -0.39 is 6.10 Å². The first-order valence-electron chi connectivity index (χ1n) is 7.51. The van der Waals surface area contributed by atoms with Gasteiger partial charge in [-0.3, -0.25) is 9.58 Å². The number of ether oxygens (including phenoxy) is 1. The summed E-state index contributed by atoms with van der Waals surface area (Å²) in [4.78, 5) is 2.12. The molecule has 0 amide bonds. The van der Waals surface area contributed by atoms with Crippen molar-refractivity contribution in [3.63, 3.8) is 0 Å². The van der Waals surface area contributed by atoms with Gasteiger partial charge in [-0.25, -0.2) is 4.39 Å². The Morgan fingerprint density at radius 2 is 2.17 bits per heavy atom. The molecule has 0 saturated heterocycles. The van der Waals surface area contributed by atoms with Gasteiger partial charge in [0.1, 0.15) is 17.7 Å². The number of halogens is 1. The molecular formula is C16H20FN3O3. The average Bonchev–Trinajstić information content (AvgIpc) is 2.99. The van der Waals surface area contributed by atoms with Crippen LogP contribution in [0.25, 0.3) is 0 Å². The molecule has 0 aliphatic carbocycles. The van der Waals surface area contributed by atoms with Crippen molar-refractivity contribution in [3.05, 3.63) is 47.0 Å². The molecule has 124 valence electrons. The van der Waals surface area contributed by atoms with E-state index in [0.717, 1.165) is 12.2 Å². The lowest BCUT2D eigenvalue weighted by atomic mass is 10.1. The van der Waals surface area contributed by atoms with Gasteiger partial charge in [0.25, 0.3) is 0 Å². The molecule has 1 aromatic heterocycles. The number of aliphatic hydroxyl groups is 2. The molecule has 3 rings (SSSR count). The third kappa shape index (κ3) is 3.36. The van der Waals surface area contributed by atoms with Crippen molar-refractivity contribution < 1.29 is 19.3 Å². The molecule has 1 aliphatic heterocycles. The Morgan fingerprint density at radius 1 is 1.35 bits per heavy atom. The van der Waals surface area contributed by atoms with Crippen LogP contribution in [0.2, 0.25) is 0 Å². The van der Waals surface area contributed by atoms with Crippen molar-refractivity contribution in [3.8, 4) is 5.75 Å². The predicted molar refractivity (Wildman–Crippen MR) is 81.3 cm³/mol. The van der Waals surface area contributed by atoms with Gasteiger partial charge in [0, 0.05) is 31.3 Å². The van der Waals surface area contributed by atoms with Gasteiger partial charge in [-0.1, -0.05) is 6.07 Å². The molecule has 2 heterocycles. The molecule has 1 aromatic carbocycles. The lowest BCUT2D eigenvalue weighted by Gasteiger charge is -2.27. The van der Waals surface area contributed by atoms with E-state index in [2.05, 4.69) is 10.00 Å². The standard InChI is InChI=1S/C16H20FN3O3/c1-23-13-3-2-11(14(17)7-13)8-19-4-5-20-12(9-19)6-15(18-20)16(22)10-21/h2-3,6-7,16,21-22H,4-5,8-10H2,1H3. The minimum absolute atomic E-state index is 0.278. The number of nitrogens with zero attached hydrogens (tertiary/aromatic N) is 3. The molecule has 7 heteroatoms. The van der Waals surface area contributed by atoms with E-state index in [-0.39, 0.29) is 12.4 Å². The molecule has 1 aliphatic rings. The van der Waals surface area contributed by atoms with E-state index >= 15 is 0 Å². The average molecular weight is 321 g/mol. The van der Waals surface area contributed by atoms with Crippen molar-refractivity contribution >= 4 is 0 Å². The second-order valence-electron chi connectivity index (χ2n) is 5.65. The summed E-state index contributed by atoms with van der Waals surface area (Å²) in [7, 11) is 1.51. The maximum absolute atomic E-state index is 14.1. The van der Waals surface area contributed by atoms with E-state index in [1.54, 1.807) is 18.2 Å². The molecular weight excluding hydrogens is 301 g/mol. The SMILES string of the molecule is COc1ccc(CN2CCn3nc(C(O)CO)cc3C2)c(F)c1. The van der Waals surface area contributed by atoms with E-state index in [9.17, 15) is 9.50 Å². The van der Waals surface area contributed by atoms with Crippen LogP contribution in [0, 0.1) is 5.82 Å². The highest BCUT2D eigenvalue weighted by molar-refractivity contribution is 5.29.